The molecule has 0 aliphatic rings. The van der Waals surface area contributed by atoms with Gasteiger partial charge >= 0.3 is 6.03 Å². The molecule has 0 aliphatic heterocycles. The molecule has 100 valence electrons. The second kappa shape index (κ2) is 4.97. The van der Waals surface area contributed by atoms with Crippen molar-refractivity contribution < 1.29 is 9.18 Å². The summed E-state index contributed by atoms with van der Waals surface area (Å²) >= 11 is 0. The Morgan fingerprint density at radius 3 is 2.47 bits per heavy atom. The van der Waals surface area contributed by atoms with Crippen LogP contribution in [0.1, 0.15) is 5.69 Å². The van der Waals surface area contributed by atoms with Crippen molar-refractivity contribution in [3.05, 3.63) is 35.8 Å². The summed E-state index contributed by atoms with van der Waals surface area (Å²) in [6.45, 7) is 1.75. The molecule has 0 saturated carbocycles. The first-order valence-electron chi connectivity index (χ1n) is 5.60. The third-order valence-electron chi connectivity index (χ3n) is 2.60. The van der Waals surface area contributed by atoms with Crippen LogP contribution in [0.5, 0.6) is 0 Å². The van der Waals surface area contributed by atoms with Gasteiger partial charge in [-0.3, -0.25) is 10.00 Å². The van der Waals surface area contributed by atoms with Gasteiger partial charge in [-0.05, 0) is 31.2 Å². The van der Waals surface area contributed by atoms with Crippen LogP contribution < -0.4 is 16.4 Å². The normalized spacial score (nSPS) is 10.3. The van der Waals surface area contributed by atoms with Crippen molar-refractivity contribution in [3.63, 3.8) is 0 Å². The number of urea groups is 1. The maximum Gasteiger partial charge on any atom is 0.324 e. The molecule has 2 amide bonds. The first-order valence-corrected chi connectivity index (χ1v) is 5.60. The number of nitrogens with two attached hydrogens (primary N) is 1. The van der Waals surface area contributed by atoms with Gasteiger partial charge in [-0.15, -0.1) is 0 Å². The van der Waals surface area contributed by atoms with Crippen molar-refractivity contribution in [2.75, 3.05) is 16.4 Å². The van der Waals surface area contributed by atoms with Crippen LogP contribution in [0.25, 0.3) is 0 Å². The highest BCUT2D eigenvalue weighted by Crippen LogP contribution is 2.21. The van der Waals surface area contributed by atoms with E-state index in [0.29, 0.717) is 22.9 Å². The van der Waals surface area contributed by atoms with Gasteiger partial charge in [-0.1, -0.05) is 0 Å². The first-order chi connectivity index (χ1) is 8.97. The molecule has 1 aromatic carbocycles. The van der Waals surface area contributed by atoms with E-state index in [1.807, 2.05) is 0 Å². The van der Waals surface area contributed by atoms with E-state index in [0.717, 1.165) is 0 Å². The van der Waals surface area contributed by atoms with E-state index in [4.69, 9.17) is 5.73 Å². The van der Waals surface area contributed by atoms with Crippen molar-refractivity contribution in [1.29, 1.82) is 0 Å². The minimum Gasteiger partial charge on any atom is -0.394 e. The summed E-state index contributed by atoms with van der Waals surface area (Å²) in [6, 6.07) is 4.98. The van der Waals surface area contributed by atoms with Crippen LogP contribution in [0, 0.1) is 12.7 Å². The van der Waals surface area contributed by atoms with Gasteiger partial charge in [0.05, 0.1) is 11.4 Å². The maximum absolute atomic E-state index is 12.7. The Bertz CT molecular complexity index is 605. The quantitative estimate of drug-likeness (QED) is 0.775. The zero-order chi connectivity index (χ0) is 14.0. The van der Waals surface area contributed by atoms with Crippen LogP contribution in [-0.4, -0.2) is 15.8 Å². The Balaban J connectivity index is 2.07. The predicted octanol–water partition coefficient (Wildman–Crippen LogP) is 2.09. The van der Waals surface area contributed by atoms with E-state index in [2.05, 4.69) is 15.7 Å². The number of benzene rings is 1. The molecular weight excluding hydrogens is 249 g/mol. The van der Waals surface area contributed by atoms with Gasteiger partial charge in [0.2, 0.25) is 0 Å². The molecule has 0 fully saturated rings. The van der Waals surface area contributed by atoms with Crippen LogP contribution >= 0.6 is 0 Å². The molecule has 2 rings (SSSR count). The Hall–Kier alpha value is -2.57. The molecule has 1 aromatic heterocycles. The van der Waals surface area contributed by atoms with E-state index < -0.39 is 6.03 Å². The van der Waals surface area contributed by atoms with Gasteiger partial charge in [0.1, 0.15) is 5.82 Å². The lowest BCUT2D eigenvalue weighted by atomic mass is 10.3. The molecule has 0 aliphatic carbocycles. The highest BCUT2D eigenvalue weighted by atomic mass is 19.1. The van der Waals surface area contributed by atoms with Gasteiger partial charge in [-0.2, -0.15) is 5.10 Å². The monoisotopic (exact) mass is 263 g/mol. The zero-order valence-electron chi connectivity index (χ0n) is 10.6. The summed E-state index contributed by atoms with van der Waals surface area (Å²) in [7, 11) is 1.68. The molecule has 4 N–H and O–H groups in total. The lowest BCUT2D eigenvalue weighted by molar-refractivity contribution is 0.262. The number of rotatable bonds is 2. The number of carbonyl (C=O) groups excluding carboxylic acids is 1. The Morgan fingerprint density at radius 1 is 1.32 bits per heavy atom. The highest BCUT2D eigenvalue weighted by molar-refractivity contribution is 6.00. The lowest BCUT2D eigenvalue weighted by Crippen LogP contribution is -2.21. The SMILES string of the molecule is Cc1nn(C)c(NC(=O)Nc2ccc(F)cc2)c1N. The molecule has 0 atom stereocenters. The number of aryl methyl sites for hydroxylation is 2. The smallest absolute Gasteiger partial charge is 0.324 e. The molecule has 0 radical (unpaired) electrons. The highest BCUT2D eigenvalue weighted by Gasteiger charge is 2.12. The number of nitrogen functional groups attached to an aromatic ring is 1. The number of halogens is 1. The zero-order valence-corrected chi connectivity index (χ0v) is 10.6. The number of hydrogen-bond donors (Lipinski definition) is 3. The summed E-state index contributed by atoms with van der Waals surface area (Å²) in [5.41, 5.74) is 7.32. The maximum atomic E-state index is 12.7. The van der Waals surface area contributed by atoms with Crippen LogP contribution in [0.2, 0.25) is 0 Å². The topological polar surface area (TPSA) is 85.0 Å². The molecule has 0 saturated heterocycles. The summed E-state index contributed by atoms with van der Waals surface area (Å²) in [6.07, 6.45) is 0. The van der Waals surface area contributed by atoms with Crippen molar-refractivity contribution >= 4 is 23.2 Å². The van der Waals surface area contributed by atoms with Crippen LogP contribution in [0.3, 0.4) is 0 Å². The largest absolute Gasteiger partial charge is 0.394 e. The van der Waals surface area contributed by atoms with Gasteiger partial charge < -0.3 is 11.1 Å². The van der Waals surface area contributed by atoms with Crippen LogP contribution in [0.15, 0.2) is 24.3 Å². The molecule has 7 heteroatoms. The third kappa shape index (κ3) is 2.82. The van der Waals surface area contributed by atoms with Crippen LogP contribution in [0.4, 0.5) is 26.4 Å². The minimum atomic E-state index is -0.471. The third-order valence-corrected chi connectivity index (χ3v) is 2.60. The summed E-state index contributed by atoms with van der Waals surface area (Å²) in [5.74, 6) is 0.0505. The number of carbonyl (C=O) groups is 1. The summed E-state index contributed by atoms with van der Waals surface area (Å²) in [5, 5.41) is 9.24. The average Bonchev–Trinajstić information content (AvgIpc) is 2.59. The molecule has 0 spiro atoms. The number of nitrogens with one attached hydrogen (secondary N) is 2. The molecular formula is C12H14FN5O. The molecule has 0 bridgehead atoms. The fourth-order valence-electron chi connectivity index (χ4n) is 1.63. The summed E-state index contributed by atoms with van der Waals surface area (Å²) in [4.78, 5) is 11.8. The lowest BCUT2D eigenvalue weighted by Gasteiger charge is -2.08. The van der Waals surface area contributed by atoms with Crippen LogP contribution in [-0.2, 0) is 7.05 Å². The van der Waals surface area contributed by atoms with Crippen molar-refractivity contribution in [2.45, 2.75) is 6.92 Å². The van der Waals surface area contributed by atoms with Crippen molar-refractivity contribution in [2.24, 2.45) is 7.05 Å². The fraction of sp³-hybridized carbons (Fsp3) is 0.167. The average molecular weight is 263 g/mol. The van der Waals surface area contributed by atoms with Gasteiger partial charge in [-0.25, -0.2) is 9.18 Å². The van der Waals surface area contributed by atoms with Crippen molar-refractivity contribution in [3.8, 4) is 0 Å². The number of anilines is 3. The minimum absolute atomic E-state index is 0.363. The second-order valence-corrected chi connectivity index (χ2v) is 4.06. The van der Waals surface area contributed by atoms with Gasteiger partial charge in [0, 0.05) is 12.7 Å². The van der Waals surface area contributed by atoms with E-state index in [1.54, 1.807) is 14.0 Å². The Morgan fingerprint density at radius 2 is 1.95 bits per heavy atom. The van der Waals surface area contributed by atoms with Gasteiger partial charge in [0.25, 0.3) is 0 Å². The fourth-order valence-corrected chi connectivity index (χ4v) is 1.63. The number of amides is 2. The summed E-state index contributed by atoms with van der Waals surface area (Å²) < 4.78 is 14.2. The molecule has 19 heavy (non-hydrogen) atoms. The number of aromatic nitrogens is 2. The molecule has 0 unspecified atom stereocenters. The van der Waals surface area contributed by atoms with E-state index >= 15 is 0 Å². The Labute approximate surface area is 109 Å². The number of hydrogen-bond acceptors (Lipinski definition) is 3. The van der Waals surface area contributed by atoms with Crippen molar-refractivity contribution in [1.82, 2.24) is 9.78 Å². The van der Waals surface area contributed by atoms with Gasteiger partial charge in [0.15, 0.2) is 5.82 Å². The molecule has 2 aromatic rings. The second-order valence-electron chi connectivity index (χ2n) is 4.06. The predicted molar refractivity (Wildman–Crippen MR) is 71.4 cm³/mol. The standard InChI is InChI=1S/C12H14FN5O/c1-7-10(14)11(18(2)17-7)16-12(19)15-9-5-3-8(13)4-6-9/h3-6H,14H2,1-2H3,(H2,15,16,19). The first kappa shape index (κ1) is 12.9. The van der Waals surface area contributed by atoms with E-state index in [-0.39, 0.29) is 5.82 Å². The molecule has 6 nitrogen and oxygen atoms in total. The van der Waals surface area contributed by atoms with E-state index in [9.17, 15) is 9.18 Å². The number of nitrogens with zero attached hydrogens (tertiary/aromatic N) is 2. The Kier molecular flexibility index (Phi) is 3.37. The van der Waals surface area contributed by atoms with E-state index in [1.165, 1.54) is 28.9 Å². The molecule has 1 heterocycles.